The standard InChI is InChI=1S/C43H26S/c1-2-8-34-30(7-1)23-33-24-32-20-18-29(25-40(32)38-12-6-11-37(34)42(33)38)27-15-16-28-22-31(19-17-26(28)21-27)35-10-5-13-39-36-9-3-4-14-41(36)44-43(35)39/h1-23,25H,24H2. The summed E-state index contributed by atoms with van der Waals surface area (Å²) in [6.45, 7) is 0. The lowest BCUT2D eigenvalue weighted by atomic mass is 9.81. The van der Waals surface area contributed by atoms with E-state index < -0.39 is 0 Å². The number of hydrogen-bond donors (Lipinski definition) is 0. The molecule has 0 saturated carbocycles. The van der Waals surface area contributed by atoms with Gasteiger partial charge in [-0.25, -0.2) is 0 Å². The quantitative estimate of drug-likeness (QED) is 0.180. The second-order valence-electron chi connectivity index (χ2n) is 12.1. The van der Waals surface area contributed by atoms with Gasteiger partial charge in [0.05, 0.1) is 0 Å². The Labute approximate surface area is 259 Å². The summed E-state index contributed by atoms with van der Waals surface area (Å²) < 4.78 is 2.71. The Bertz CT molecular complexity index is 2630. The van der Waals surface area contributed by atoms with Crippen LogP contribution in [0, 0.1) is 0 Å². The van der Waals surface area contributed by atoms with Crippen molar-refractivity contribution in [3.05, 3.63) is 157 Å². The Kier molecular flexibility index (Phi) is 5.03. The highest BCUT2D eigenvalue weighted by molar-refractivity contribution is 7.26. The van der Waals surface area contributed by atoms with Crippen LogP contribution in [0.4, 0.5) is 0 Å². The molecule has 9 aromatic rings. The van der Waals surface area contributed by atoms with Crippen LogP contribution in [-0.4, -0.2) is 0 Å². The fourth-order valence-electron chi connectivity index (χ4n) is 7.55. The van der Waals surface area contributed by atoms with Gasteiger partial charge in [0.15, 0.2) is 0 Å². The Morgan fingerprint density at radius 3 is 1.98 bits per heavy atom. The first-order chi connectivity index (χ1) is 21.8. The van der Waals surface area contributed by atoms with Crippen molar-refractivity contribution >= 4 is 63.8 Å². The summed E-state index contributed by atoms with van der Waals surface area (Å²) in [5, 5.41) is 10.7. The molecule has 44 heavy (non-hydrogen) atoms. The van der Waals surface area contributed by atoms with E-state index in [4.69, 9.17) is 0 Å². The molecule has 1 heteroatoms. The zero-order valence-corrected chi connectivity index (χ0v) is 24.8. The first-order valence-electron chi connectivity index (χ1n) is 15.3. The van der Waals surface area contributed by atoms with Crippen molar-refractivity contribution in [1.29, 1.82) is 0 Å². The number of thiophene rings is 1. The molecule has 1 aromatic heterocycles. The van der Waals surface area contributed by atoms with Gasteiger partial charge < -0.3 is 0 Å². The Balaban J connectivity index is 1.07. The van der Waals surface area contributed by atoms with Gasteiger partial charge in [-0.15, -0.1) is 11.3 Å². The van der Waals surface area contributed by atoms with E-state index in [-0.39, 0.29) is 0 Å². The molecule has 0 amide bonds. The van der Waals surface area contributed by atoms with E-state index in [1.165, 1.54) is 97.0 Å². The molecule has 204 valence electrons. The number of fused-ring (bicyclic) bond motifs is 8. The van der Waals surface area contributed by atoms with E-state index in [1.54, 1.807) is 0 Å². The molecule has 0 spiro atoms. The lowest BCUT2D eigenvalue weighted by Crippen LogP contribution is -2.02. The van der Waals surface area contributed by atoms with Crippen molar-refractivity contribution in [2.75, 3.05) is 0 Å². The molecule has 0 atom stereocenters. The van der Waals surface area contributed by atoms with Crippen molar-refractivity contribution in [2.45, 2.75) is 6.42 Å². The van der Waals surface area contributed by atoms with E-state index in [0.29, 0.717) is 0 Å². The van der Waals surface area contributed by atoms with Crippen LogP contribution in [0.25, 0.3) is 85.9 Å². The van der Waals surface area contributed by atoms with Gasteiger partial charge in [-0.1, -0.05) is 121 Å². The summed E-state index contributed by atoms with van der Waals surface area (Å²) in [5.41, 5.74) is 10.7. The van der Waals surface area contributed by atoms with Gasteiger partial charge >= 0.3 is 0 Å². The van der Waals surface area contributed by atoms with E-state index >= 15 is 0 Å². The summed E-state index contributed by atoms with van der Waals surface area (Å²) in [4.78, 5) is 0. The third kappa shape index (κ3) is 3.51. The SMILES string of the molecule is c1ccc2c(c1)cc1c3c(cccc32)-c2cc(-c3ccc4cc(-c5cccc6c5sc5ccccc56)ccc4c3)ccc2C1. The third-order valence-corrected chi connectivity index (χ3v) is 10.9. The minimum absolute atomic E-state index is 0.973. The zero-order chi connectivity index (χ0) is 28.8. The van der Waals surface area contributed by atoms with Crippen LogP contribution in [0.1, 0.15) is 11.1 Å². The number of rotatable bonds is 2. The van der Waals surface area contributed by atoms with Crippen LogP contribution in [-0.2, 0) is 6.42 Å². The maximum absolute atomic E-state index is 2.42. The van der Waals surface area contributed by atoms with Crippen LogP contribution < -0.4 is 0 Å². The molecular weight excluding hydrogens is 549 g/mol. The van der Waals surface area contributed by atoms with Gasteiger partial charge in [-0.2, -0.15) is 0 Å². The topological polar surface area (TPSA) is 0 Å². The maximum atomic E-state index is 2.42. The summed E-state index contributed by atoms with van der Waals surface area (Å²) in [7, 11) is 0. The van der Waals surface area contributed by atoms with Crippen molar-refractivity contribution in [2.24, 2.45) is 0 Å². The van der Waals surface area contributed by atoms with E-state index in [9.17, 15) is 0 Å². The van der Waals surface area contributed by atoms with E-state index in [2.05, 4.69) is 146 Å². The summed E-state index contributed by atoms with van der Waals surface area (Å²) in [5.74, 6) is 0. The summed E-state index contributed by atoms with van der Waals surface area (Å²) in [6.07, 6.45) is 0.973. The normalized spacial score (nSPS) is 12.5. The third-order valence-electron chi connectivity index (χ3n) is 9.64. The minimum Gasteiger partial charge on any atom is -0.135 e. The van der Waals surface area contributed by atoms with E-state index in [1.807, 2.05) is 11.3 Å². The molecule has 0 unspecified atom stereocenters. The Morgan fingerprint density at radius 2 is 1.07 bits per heavy atom. The first-order valence-corrected chi connectivity index (χ1v) is 16.1. The average Bonchev–Trinajstić information content (AvgIpc) is 3.47. The fourth-order valence-corrected chi connectivity index (χ4v) is 8.79. The molecule has 0 saturated heterocycles. The van der Waals surface area contributed by atoms with Crippen molar-refractivity contribution in [3.8, 4) is 33.4 Å². The van der Waals surface area contributed by atoms with Crippen molar-refractivity contribution in [3.63, 3.8) is 0 Å². The molecule has 1 aliphatic rings. The number of hydrogen-bond acceptors (Lipinski definition) is 1. The molecule has 10 rings (SSSR count). The monoisotopic (exact) mass is 574 g/mol. The van der Waals surface area contributed by atoms with Crippen molar-refractivity contribution in [1.82, 2.24) is 0 Å². The van der Waals surface area contributed by atoms with Crippen LogP contribution in [0.5, 0.6) is 0 Å². The smallest absolute Gasteiger partial charge is 0.0433 e. The maximum Gasteiger partial charge on any atom is 0.0433 e. The second kappa shape index (κ2) is 9.13. The van der Waals surface area contributed by atoms with Gasteiger partial charge in [-0.3, -0.25) is 0 Å². The molecule has 0 fully saturated rings. The van der Waals surface area contributed by atoms with Gasteiger partial charge in [-0.05, 0) is 108 Å². The van der Waals surface area contributed by atoms with E-state index in [0.717, 1.165) is 6.42 Å². The predicted octanol–water partition coefficient (Wildman–Crippen LogP) is 12.4. The molecule has 1 aliphatic carbocycles. The van der Waals surface area contributed by atoms with Crippen LogP contribution >= 0.6 is 11.3 Å². The zero-order valence-electron chi connectivity index (χ0n) is 24.0. The van der Waals surface area contributed by atoms with Gasteiger partial charge in [0.2, 0.25) is 0 Å². The highest BCUT2D eigenvalue weighted by Crippen LogP contribution is 2.44. The first kappa shape index (κ1) is 24.2. The second-order valence-corrected chi connectivity index (χ2v) is 13.1. The van der Waals surface area contributed by atoms with Gasteiger partial charge in [0.25, 0.3) is 0 Å². The summed E-state index contributed by atoms with van der Waals surface area (Å²) >= 11 is 1.89. The summed E-state index contributed by atoms with van der Waals surface area (Å²) in [6, 6.07) is 54.4. The fraction of sp³-hybridized carbons (Fsp3) is 0.0233. The molecule has 0 bridgehead atoms. The molecule has 0 nitrogen and oxygen atoms in total. The Hall–Kier alpha value is -5.24. The highest BCUT2D eigenvalue weighted by Gasteiger charge is 2.20. The van der Waals surface area contributed by atoms with Gasteiger partial charge in [0, 0.05) is 20.2 Å². The van der Waals surface area contributed by atoms with Crippen molar-refractivity contribution < 1.29 is 0 Å². The van der Waals surface area contributed by atoms with Crippen LogP contribution in [0.3, 0.4) is 0 Å². The molecular formula is C43H26S. The Morgan fingerprint density at radius 1 is 0.386 bits per heavy atom. The molecule has 0 radical (unpaired) electrons. The lowest BCUT2D eigenvalue weighted by molar-refractivity contribution is 1.20. The molecule has 0 aliphatic heterocycles. The predicted molar refractivity (Wildman–Crippen MR) is 191 cm³/mol. The van der Waals surface area contributed by atoms with Crippen LogP contribution in [0.2, 0.25) is 0 Å². The van der Waals surface area contributed by atoms with Gasteiger partial charge in [0.1, 0.15) is 0 Å². The average molecular weight is 575 g/mol. The number of benzene rings is 8. The van der Waals surface area contributed by atoms with Crippen LogP contribution in [0.15, 0.2) is 146 Å². The molecule has 1 heterocycles. The largest absolute Gasteiger partial charge is 0.135 e. The molecule has 0 N–H and O–H groups in total. The lowest BCUT2D eigenvalue weighted by Gasteiger charge is -2.23. The minimum atomic E-state index is 0.973. The highest BCUT2D eigenvalue weighted by atomic mass is 32.1. The molecule has 8 aromatic carbocycles.